The van der Waals surface area contributed by atoms with Crippen LogP contribution in [0.1, 0.15) is 39.7 Å². The van der Waals surface area contributed by atoms with Crippen molar-refractivity contribution in [1.82, 2.24) is 29.9 Å². The minimum Gasteiger partial charge on any atom is -0.418 e. The number of aryl methyl sites for hydroxylation is 2. The number of non-ortho nitro benzene ring substituents is 1. The lowest BCUT2D eigenvalue weighted by Gasteiger charge is -2.27. The summed E-state index contributed by atoms with van der Waals surface area (Å²) in [5.74, 6) is 1.03. The number of hydrogen-bond donors (Lipinski definition) is 2. The fraction of sp³-hybridized carbons (Fsp3) is 0.150. The molecule has 0 saturated heterocycles. The topological polar surface area (TPSA) is 174 Å². The van der Waals surface area contributed by atoms with Gasteiger partial charge in [-0.3, -0.25) is 15.2 Å². The Morgan fingerprint density at radius 3 is 2.62 bits per heavy atom. The molecule has 0 fully saturated rings. The summed E-state index contributed by atoms with van der Waals surface area (Å²) in [5, 5.41) is 31.9. The van der Waals surface area contributed by atoms with E-state index in [1.165, 1.54) is 23.0 Å². The maximum atomic E-state index is 11.1. The van der Waals surface area contributed by atoms with Crippen LogP contribution in [0.5, 0.6) is 11.8 Å². The maximum Gasteiger partial charge on any atom is 0.269 e. The molecule has 12 heteroatoms. The molecule has 1 aromatic carbocycles. The first-order chi connectivity index (χ1) is 15.4. The number of nitriles is 1. The number of fused-ring (bicyclic) bond motifs is 2. The summed E-state index contributed by atoms with van der Waals surface area (Å²) in [6.07, 6.45) is 1.36. The first-order valence-electron chi connectivity index (χ1n) is 9.48. The second-order valence-electron chi connectivity index (χ2n) is 7.23. The third-order valence-corrected chi connectivity index (χ3v) is 5.30. The summed E-state index contributed by atoms with van der Waals surface area (Å²) in [4.78, 5) is 19.7. The molecular weight excluding hydrogens is 414 g/mol. The molecule has 3 N–H and O–H groups in total. The summed E-state index contributed by atoms with van der Waals surface area (Å²) in [6.45, 7) is 3.55. The van der Waals surface area contributed by atoms with Crippen LogP contribution in [-0.2, 0) is 0 Å². The number of nitro groups is 1. The third-order valence-electron chi connectivity index (χ3n) is 5.30. The molecule has 1 aliphatic rings. The Morgan fingerprint density at radius 2 is 1.97 bits per heavy atom. The van der Waals surface area contributed by atoms with Crippen LogP contribution in [0.25, 0.3) is 5.82 Å². The van der Waals surface area contributed by atoms with E-state index in [2.05, 4.69) is 25.3 Å². The third kappa shape index (κ3) is 2.76. The van der Waals surface area contributed by atoms with E-state index in [4.69, 9.17) is 10.5 Å². The van der Waals surface area contributed by atoms with Gasteiger partial charge in [0.05, 0.1) is 22.6 Å². The second-order valence-corrected chi connectivity index (χ2v) is 7.23. The highest BCUT2D eigenvalue weighted by Gasteiger charge is 2.37. The number of nitrogens with two attached hydrogens (primary N) is 1. The first kappa shape index (κ1) is 19.2. The first-order valence-corrected chi connectivity index (χ1v) is 9.48. The van der Waals surface area contributed by atoms with Crippen molar-refractivity contribution in [1.29, 1.82) is 5.26 Å². The molecule has 1 atom stereocenters. The van der Waals surface area contributed by atoms with Crippen molar-refractivity contribution in [2.45, 2.75) is 19.8 Å². The van der Waals surface area contributed by atoms with E-state index in [1.54, 1.807) is 19.1 Å². The normalized spacial score (nSPS) is 14.2. The molecule has 32 heavy (non-hydrogen) atoms. The van der Waals surface area contributed by atoms with Gasteiger partial charge in [-0.2, -0.15) is 20.0 Å². The van der Waals surface area contributed by atoms with E-state index in [0.29, 0.717) is 23.1 Å². The van der Waals surface area contributed by atoms with Crippen LogP contribution in [0, 0.1) is 35.3 Å². The van der Waals surface area contributed by atoms with Crippen molar-refractivity contribution in [3.05, 3.63) is 74.3 Å². The predicted molar refractivity (Wildman–Crippen MR) is 110 cm³/mol. The largest absolute Gasteiger partial charge is 0.418 e. The number of nitrogen functional groups attached to an aromatic ring is 1. The number of nitrogens with one attached hydrogen (secondary N) is 1. The van der Waals surface area contributed by atoms with Crippen LogP contribution in [0.2, 0.25) is 0 Å². The average Bonchev–Trinajstić information content (AvgIpc) is 3.33. The SMILES string of the molecule is Cc1nc2c(c(-n3ncc(C#N)c3N)n1)C(c1ccc([N+](=O)[O-])cc1)c1c(n[nH]c1C)O2. The van der Waals surface area contributed by atoms with Gasteiger partial charge in [0.15, 0.2) is 5.82 Å². The molecule has 0 bridgehead atoms. The van der Waals surface area contributed by atoms with Crippen LogP contribution in [0.4, 0.5) is 11.5 Å². The molecule has 0 saturated carbocycles. The molecule has 0 amide bonds. The number of aromatic nitrogens is 6. The van der Waals surface area contributed by atoms with Gasteiger partial charge in [0.25, 0.3) is 5.69 Å². The molecule has 4 heterocycles. The molecular formula is C20H15N9O3. The van der Waals surface area contributed by atoms with Gasteiger partial charge in [-0.15, -0.1) is 5.10 Å². The molecule has 158 valence electrons. The second kappa shape index (κ2) is 6.88. The molecule has 0 spiro atoms. The molecule has 4 aromatic rings. The Kier molecular flexibility index (Phi) is 4.13. The Labute approximate surface area is 180 Å². The van der Waals surface area contributed by atoms with Gasteiger partial charge in [0.1, 0.15) is 23.3 Å². The van der Waals surface area contributed by atoms with E-state index < -0.39 is 10.8 Å². The van der Waals surface area contributed by atoms with E-state index in [0.717, 1.165) is 16.8 Å². The number of rotatable bonds is 3. The number of nitro benzene ring substituents is 1. The zero-order valence-electron chi connectivity index (χ0n) is 16.9. The average molecular weight is 429 g/mol. The van der Waals surface area contributed by atoms with Gasteiger partial charge in [-0.05, 0) is 19.4 Å². The van der Waals surface area contributed by atoms with Crippen LogP contribution in [0.15, 0.2) is 30.5 Å². The van der Waals surface area contributed by atoms with Gasteiger partial charge in [-0.1, -0.05) is 12.1 Å². The van der Waals surface area contributed by atoms with Crippen LogP contribution >= 0.6 is 0 Å². The van der Waals surface area contributed by atoms with Crippen molar-refractivity contribution in [2.75, 3.05) is 5.73 Å². The van der Waals surface area contributed by atoms with Crippen molar-refractivity contribution in [3.8, 4) is 23.6 Å². The molecule has 5 rings (SSSR count). The van der Waals surface area contributed by atoms with E-state index in [1.807, 2.05) is 13.0 Å². The number of anilines is 1. The Hall–Kier alpha value is -4.79. The molecule has 3 aromatic heterocycles. The highest BCUT2D eigenvalue weighted by Crippen LogP contribution is 2.49. The number of aromatic amines is 1. The lowest BCUT2D eigenvalue weighted by molar-refractivity contribution is -0.384. The molecule has 0 aliphatic carbocycles. The fourth-order valence-corrected chi connectivity index (χ4v) is 3.84. The Balaban J connectivity index is 1.80. The van der Waals surface area contributed by atoms with Crippen molar-refractivity contribution in [2.24, 2.45) is 0 Å². The standard InChI is InChI=1S/C20H15N9O3/c1-9-14-15(11-3-5-13(6-4-11)29(30)31)16-18(28-17(22)12(7-21)8-23-28)24-10(2)25-19(16)32-20(14)27-26-9/h3-6,8,15H,22H2,1-2H3,(H,26,27). The smallest absolute Gasteiger partial charge is 0.269 e. The number of benzene rings is 1. The molecule has 12 nitrogen and oxygen atoms in total. The summed E-state index contributed by atoms with van der Waals surface area (Å²) in [6, 6.07) is 8.21. The maximum absolute atomic E-state index is 11.1. The van der Waals surface area contributed by atoms with Crippen LogP contribution < -0.4 is 10.5 Å². The fourth-order valence-electron chi connectivity index (χ4n) is 3.84. The van der Waals surface area contributed by atoms with Crippen molar-refractivity contribution in [3.63, 3.8) is 0 Å². The Morgan fingerprint density at radius 1 is 1.22 bits per heavy atom. The van der Waals surface area contributed by atoms with Crippen molar-refractivity contribution < 1.29 is 9.66 Å². The van der Waals surface area contributed by atoms with Gasteiger partial charge in [-0.25, -0.2) is 4.98 Å². The van der Waals surface area contributed by atoms with E-state index in [-0.39, 0.29) is 22.9 Å². The lowest BCUT2D eigenvalue weighted by atomic mass is 9.84. The molecule has 1 aliphatic heterocycles. The number of hydrogen-bond acceptors (Lipinski definition) is 9. The summed E-state index contributed by atoms with van der Waals surface area (Å²) < 4.78 is 7.35. The lowest BCUT2D eigenvalue weighted by Crippen LogP contribution is -2.19. The highest BCUT2D eigenvalue weighted by atomic mass is 16.6. The van der Waals surface area contributed by atoms with Gasteiger partial charge in [0, 0.05) is 23.4 Å². The molecule has 1 unspecified atom stereocenters. The zero-order valence-corrected chi connectivity index (χ0v) is 16.9. The van der Waals surface area contributed by atoms with Gasteiger partial charge >= 0.3 is 0 Å². The summed E-state index contributed by atoms with van der Waals surface area (Å²) >= 11 is 0. The van der Waals surface area contributed by atoms with Crippen LogP contribution in [-0.4, -0.2) is 34.9 Å². The predicted octanol–water partition coefficient (Wildman–Crippen LogP) is 2.65. The van der Waals surface area contributed by atoms with E-state index in [9.17, 15) is 15.4 Å². The minimum atomic E-state index is -0.474. The summed E-state index contributed by atoms with van der Waals surface area (Å²) in [7, 11) is 0. The van der Waals surface area contributed by atoms with Crippen LogP contribution in [0.3, 0.4) is 0 Å². The number of H-pyrrole nitrogens is 1. The zero-order chi connectivity index (χ0) is 22.6. The monoisotopic (exact) mass is 429 g/mol. The van der Waals surface area contributed by atoms with E-state index >= 15 is 0 Å². The summed E-state index contributed by atoms with van der Waals surface area (Å²) in [5.41, 5.74) is 9.13. The quantitative estimate of drug-likeness (QED) is 0.322. The number of nitrogens with zero attached hydrogens (tertiary/aromatic N) is 7. The number of ether oxygens (including phenoxy) is 1. The van der Waals surface area contributed by atoms with Crippen molar-refractivity contribution >= 4 is 11.5 Å². The Bertz CT molecular complexity index is 1430. The minimum absolute atomic E-state index is 0.0273. The highest BCUT2D eigenvalue weighted by molar-refractivity contribution is 5.63. The van der Waals surface area contributed by atoms with Gasteiger partial charge < -0.3 is 10.5 Å². The van der Waals surface area contributed by atoms with Gasteiger partial charge in [0.2, 0.25) is 11.8 Å². The molecule has 0 radical (unpaired) electrons.